The van der Waals surface area contributed by atoms with Crippen molar-refractivity contribution in [2.24, 2.45) is 0 Å². The van der Waals surface area contributed by atoms with Crippen LogP contribution in [0.1, 0.15) is 5.56 Å². The minimum atomic E-state index is 0. The number of hydrogen-bond acceptors (Lipinski definition) is 3. The van der Waals surface area contributed by atoms with Gasteiger partial charge in [-0.05, 0) is 29.5 Å². The van der Waals surface area contributed by atoms with Gasteiger partial charge in [-0.2, -0.15) is 0 Å². The normalized spacial score (nSPS) is 13.4. The first-order valence-corrected chi connectivity index (χ1v) is 7.56. The summed E-state index contributed by atoms with van der Waals surface area (Å²) in [6, 6.07) is 6.72. The molecule has 1 aromatic rings. The van der Waals surface area contributed by atoms with Gasteiger partial charge in [0.05, 0.1) is 6.08 Å². The van der Waals surface area contributed by atoms with E-state index >= 15 is 0 Å². The van der Waals surface area contributed by atoms with E-state index in [0.717, 1.165) is 6.42 Å². The van der Waals surface area contributed by atoms with Crippen LogP contribution in [0.3, 0.4) is 0 Å². The average molecular weight is 455 g/mol. The zero-order valence-electron chi connectivity index (χ0n) is 14.2. The molecule has 7 heteroatoms. The molecule has 0 N–H and O–H groups in total. The van der Waals surface area contributed by atoms with Gasteiger partial charge in [0.25, 0.3) is 0 Å². The van der Waals surface area contributed by atoms with Crippen LogP contribution >= 0.6 is 11.8 Å². The predicted molar refractivity (Wildman–Crippen MR) is 86.9 cm³/mol. The second-order valence-corrected chi connectivity index (χ2v) is 6.64. The molecule has 0 bridgehead atoms. The standard InChI is InChI=1S/C17H19N2S.3ClH.Zn/c1-18(2)14-7-5-12-9-13-6-8-15(19(3)4)11-17(13)20-16(12)10-14;;;;/h5,7-8,10-11H,9H2,1-4H3;3*1H;/q+1;;;;+2/p-3. The molecule has 3 rings (SSSR count). The van der Waals surface area contributed by atoms with Crippen LogP contribution in [-0.4, -0.2) is 33.1 Å². The summed E-state index contributed by atoms with van der Waals surface area (Å²) in [6.45, 7) is 0. The quantitative estimate of drug-likeness (QED) is 0.325. The zero-order valence-corrected chi connectivity index (χ0v) is 20.3. The van der Waals surface area contributed by atoms with Gasteiger partial charge in [0, 0.05) is 51.3 Å². The first-order chi connectivity index (χ1) is 9.54. The number of rotatable bonds is 2. The zero-order chi connectivity index (χ0) is 14.3. The van der Waals surface area contributed by atoms with E-state index in [4.69, 9.17) is 0 Å². The number of thioether (sulfide) groups is 1. The maximum atomic E-state index is 3.44. The van der Waals surface area contributed by atoms with E-state index in [1.165, 1.54) is 32.3 Å². The number of nitrogens with zero attached hydrogens (tertiary/aromatic N) is 2. The summed E-state index contributed by atoms with van der Waals surface area (Å²) < 4.78 is 0. The third-order valence-corrected chi connectivity index (χ3v) is 4.83. The molecule has 24 heavy (non-hydrogen) atoms. The van der Waals surface area contributed by atoms with E-state index in [1.807, 2.05) is 11.8 Å². The minimum absolute atomic E-state index is 0. The van der Waals surface area contributed by atoms with E-state index in [9.17, 15) is 0 Å². The fourth-order valence-electron chi connectivity index (χ4n) is 2.35. The Morgan fingerprint density at radius 3 is 2.25 bits per heavy atom. The van der Waals surface area contributed by atoms with Crippen molar-refractivity contribution < 1.29 is 56.7 Å². The Balaban J connectivity index is 0. The van der Waals surface area contributed by atoms with Gasteiger partial charge in [-0.15, -0.1) is 0 Å². The van der Waals surface area contributed by atoms with E-state index in [2.05, 4.69) is 74.4 Å². The Hall–Kier alpha value is -0.207. The second kappa shape index (κ2) is 10.7. The summed E-state index contributed by atoms with van der Waals surface area (Å²) in [5, 5.41) is 0. The topological polar surface area (TPSA) is 6.48 Å². The third kappa shape index (κ3) is 5.39. The first-order valence-electron chi connectivity index (χ1n) is 6.74. The van der Waals surface area contributed by atoms with Crippen LogP contribution in [0.2, 0.25) is 0 Å². The smallest absolute Gasteiger partial charge is 1.00 e. The molecular formula is C17H19Cl3N2SZn. The third-order valence-electron chi connectivity index (χ3n) is 3.64. The van der Waals surface area contributed by atoms with Gasteiger partial charge in [0.15, 0.2) is 0 Å². The van der Waals surface area contributed by atoms with Crippen molar-refractivity contribution in [2.45, 2.75) is 11.3 Å². The molecule has 1 aromatic carbocycles. The SMILES string of the molecule is CN(C)C1=CC2=C([C+]=C1)Cc1ccc(N(C)C)cc1S2.[Cl-].[Cl-].[Cl-].[Zn+2]. The molecule has 0 unspecified atom stereocenters. The number of likely N-dealkylation sites (N-methyl/N-ethyl adjacent to an activating group) is 1. The second-order valence-electron chi connectivity index (χ2n) is 5.56. The van der Waals surface area contributed by atoms with Crippen molar-refractivity contribution in [3.8, 4) is 0 Å². The van der Waals surface area contributed by atoms with Crippen LogP contribution in [0.25, 0.3) is 0 Å². The number of halogens is 3. The van der Waals surface area contributed by atoms with E-state index < -0.39 is 0 Å². The van der Waals surface area contributed by atoms with Crippen molar-refractivity contribution >= 4 is 17.4 Å². The molecule has 1 aliphatic carbocycles. The largest absolute Gasteiger partial charge is 2.00 e. The van der Waals surface area contributed by atoms with Gasteiger partial charge in [0.2, 0.25) is 0 Å². The molecule has 126 valence electrons. The van der Waals surface area contributed by atoms with Crippen LogP contribution in [-0.2, 0) is 25.9 Å². The van der Waals surface area contributed by atoms with Crippen molar-refractivity contribution in [2.75, 3.05) is 33.1 Å². The molecule has 0 atom stereocenters. The predicted octanol–water partition coefficient (Wildman–Crippen LogP) is -5.52. The molecular weight excluding hydrogens is 436 g/mol. The van der Waals surface area contributed by atoms with E-state index in [-0.39, 0.29) is 56.7 Å². The van der Waals surface area contributed by atoms with Crippen LogP contribution in [0.5, 0.6) is 0 Å². The minimum Gasteiger partial charge on any atom is -1.00 e. The molecule has 1 heterocycles. The van der Waals surface area contributed by atoms with Crippen LogP contribution in [0, 0.1) is 6.08 Å². The van der Waals surface area contributed by atoms with Crippen molar-refractivity contribution in [3.63, 3.8) is 0 Å². The van der Waals surface area contributed by atoms with Crippen molar-refractivity contribution in [3.05, 3.63) is 58.2 Å². The summed E-state index contributed by atoms with van der Waals surface area (Å²) in [5.41, 5.74) is 5.18. The Bertz CT molecular complexity index is 655. The maximum absolute atomic E-state index is 3.44. The van der Waals surface area contributed by atoms with Gasteiger partial charge in [0.1, 0.15) is 22.3 Å². The summed E-state index contributed by atoms with van der Waals surface area (Å²) in [4.78, 5) is 6.98. The number of anilines is 1. The average Bonchev–Trinajstić information content (AvgIpc) is 2.43. The fourth-order valence-corrected chi connectivity index (χ4v) is 3.48. The molecule has 0 fully saturated rings. The number of allylic oxidation sites excluding steroid dienone is 4. The molecule has 0 amide bonds. The molecule has 0 spiro atoms. The summed E-state index contributed by atoms with van der Waals surface area (Å²) >= 11 is 1.86. The molecule has 2 aliphatic rings. The molecule has 0 radical (unpaired) electrons. The summed E-state index contributed by atoms with van der Waals surface area (Å²) in [6.07, 6.45) is 8.78. The number of hydrogen-bond donors (Lipinski definition) is 0. The number of fused-ring (bicyclic) bond motifs is 1. The first kappa shape index (κ1) is 26.0. The summed E-state index contributed by atoms with van der Waals surface area (Å²) in [5.74, 6) is 0. The monoisotopic (exact) mass is 452 g/mol. The van der Waals surface area contributed by atoms with Crippen LogP contribution in [0.15, 0.2) is 51.4 Å². The van der Waals surface area contributed by atoms with Gasteiger partial charge in [-0.1, -0.05) is 6.07 Å². The van der Waals surface area contributed by atoms with Gasteiger partial charge < -0.3 is 47.0 Å². The number of benzene rings is 1. The maximum Gasteiger partial charge on any atom is 2.00 e. The molecule has 1 aliphatic heterocycles. The van der Waals surface area contributed by atoms with Crippen molar-refractivity contribution in [1.82, 2.24) is 4.90 Å². The molecule has 0 saturated heterocycles. The van der Waals surface area contributed by atoms with Gasteiger partial charge in [-0.3, -0.25) is 0 Å². The molecule has 0 aromatic heterocycles. The van der Waals surface area contributed by atoms with Gasteiger partial charge >= 0.3 is 19.5 Å². The van der Waals surface area contributed by atoms with E-state index in [0.29, 0.717) is 0 Å². The molecule has 2 nitrogen and oxygen atoms in total. The molecule has 0 saturated carbocycles. The van der Waals surface area contributed by atoms with Crippen molar-refractivity contribution in [1.29, 1.82) is 0 Å². The van der Waals surface area contributed by atoms with Gasteiger partial charge in [-0.25, -0.2) is 0 Å². The van der Waals surface area contributed by atoms with Crippen LogP contribution in [0.4, 0.5) is 5.69 Å². The Kier molecular flexibility index (Phi) is 11.6. The van der Waals surface area contributed by atoms with Crippen LogP contribution < -0.4 is 42.1 Å². The fraction of sp³-hybridized carbons (Fsp3) is 0.294. The van der Waals surface area contributed by atoms with E-state index in [1.54, 1.807) is 0 Å². The Morgan fingerprint density at radius 2 is 1.67 bits per heavy atom. The Morgan fingerprint density at radius 1 is 1.00 bits per heavy atom. The Labute approximate surface area is 180 Å². The summed E-state index contributed by atoms with van der Waals surface area (Å²) in [7, 11) is 8.31.